The van der Waals surface area contributed by atoms with Crippen LogP contribution in [0.5, 0.6) is 0 Å². The highest BCUT2D eigenvalue weighted by molar-refractivity contribution is 8.13. The largest absolute Gasteiger partial charge is 0.464 e. The van der Waals surface area contributed by atoms with Crippen LogP contribution in [0, 0.1) is 11.8 Å². The van der Waals surface area contributed by atoms with Gasteiger partial charge in [-0.05, 0) is 18.7 Å². The zero-order valence-electron chi connectivity index (χ0n) is 17.1. The van der Waals surface area contributed by atoms with Crippen molar-refractivity contribution in [1.82, 2.24) is 5.32 Å². The van der Waals surface area contributed by atoms with E-state index in [4.69, 9.17) is 14.2 Å². The molecule has 0 heterocycles. The van der Waals surface area contributed by atoms with E-state index >= 15 is 0 Å². The molecule has 1 atom stereocenters. The maximum atomic E-state index is 11.9. The Kier molecular flexibility index (Phi) is 13.2. The summed E-state index contributed by atoms with van der Waals surface area (Å²) in [6.45, 7) is 6.90. The van der Waals surface area contributed by atoms with Crippen LogP contribution in [0.15, 0.2) is 0 Å². The lowest BCUT2D eigenvalue weighted by Crippen LogP contribution is -2.44. The molecule has 0 bridgehead atoms. The van der Waals surface area contributed by atoms with E-state index in [1.54, 1.807) is 34.6 Å². The predicted molar refractivity (Wildman–Crippen MR) is 101 cm³/mol. The first-order valence-corrected chi connectivity index (χ1v) is 9.79. The standard InChI is InChI=1S/C17H27NO10S/c1-6-24-15(21)12(18-16(22)27-8-25-13(19)10(2)3)7-29-17(23)28-9-26-14(20)11(4)5/h10-12H,6-9H2,1-5H3,(H,18,22)/t12-/m0/s1. The molecule has 1 N–H and O–H groups in total. The van der Waals surface area contributed by atoms with E-state index in [1.807, 2.05) is 0 Å². The number of thioether (sulfide) groups is 1. The molecule has 0 saturated carbocycles. The van der Waals surface area contributed by atoms with Crippen molar-refractivity contribution in [2.75, 3.05) is 25.9 Å². The maximum Gasteiger partial charge on any atom is 0.410 e. The van der Waals surface area contributed by atoms with Crippen molar-refractivity contribution in [2.45, 2.75) is 40.7 Å². The summed E-state index contributed by atoms with van der Waals surface area (Å²) in [5.41, 5.74) is 0. The van der Waals surface area contributed by atoms with E-state index in [9.17, 15) is 24.0 Å². The van der Waals surface area contributed by atoms with Crippen LogP contribution in [0.2, 0.25) is 0 Å². The Morgan fingerprint density at radius 2 is 1.28 bits per heavy atom. The predicted octanol–water partition coefficient (Wildman–Crippen LogP) is 1.83. The van der Waals surface area contributed by atoms with E-state index in [2.05, 4.69) is 14.8 Å². The quantitative estimate of drug-likeness (QED) is 0.287. The van der Waals surface area contributed by atoms with Gasteiger partial charge in [0.05, 0.1) is 18.4 Å². The van der Waals surface area contributed by atoms with Crippen LogP contribution in [0.1, 0.15) is 34.6 Å². The van der Waals surface area contributed by atoms with Gasteiger partial charge < -0.3 is 29.0 Å². The monoisotopic (exact) mass is 437 g/mol. The Morgan fingerprint density at radius 1 is 0.759 bits per heavy atom. The highest BCUT2D eigenvalue weighted by atomic mass is 32.2. The fourth-order valence-electron chi connectivity index (χ4n) is 1.40. The first-order chi connectivity index (χ1) is 13.6. The van der Waals surface area contributed by atoms with Gasteiger partial charge in [-0.1, -0.05) is 27.7 Å². The first kappa shape index (κ1) is 26.5. The molecule has 0 aliphatic heterocycles. The van der Waals surface area contributed by atoms with Gasteiger partial charge in [-0.25, -0.2) is 14.4 Å². The number of alkyl carbamates (subject to hydrolysis) is 1. The number of rotatable bonds is 11. The Hall–Kier alpha value is -2.50. The number of carbonyl (C=O) groups is 5. The van der Waals surface area contributed by atoms with Gasteiger partial charge in [0.25, 0.3) is 0 Å². The minimum atomic E-state index is -1.22. The van der Waals surface area contributed by atoms with Crippen LogP contribution in [0.3, 0.4) is 0 Å². The molecule has 0 aromatic carbocycles. The molecule has 0 saturated heterocycles. The van der Waals surface area contributed by atoms with Crippen molar-refractivity contribution in [3.63, 3.8) is 0 Å². The van der Waals surface area contributed by atoms with Crippen LogP contribution >= 0.6 is 11.8 Å². The lowest BCUT2D eigenvalue weighted by atomic mass is 10.2. The summed E-state index contributed by atoms with van der Waals surface area (Å²) in [4.78, 5) is 57.9. The lowest BCUT2D eigenvalue weighted by Gasteiger charge is -2.16. The minimum absolute atomic E-state index is 0.0539. The van der Waals surface area contributed by atoms with E-state index in [1.165, 1.54) is 0 Å². The van der Waals surface area contributed by atoms with Gasteiger partial charge in [0.15, 0.2) is 0 Å². The molecule has 0 aliphatic rings. The summed E-state index contributed by atoms with van der Waals surface area (Å²) < 4.78 is 23.6. The molecule has 0 fully saturated rings. The summed E-state index contributed by atoms with van der Waals surface area (Å²) in [6.07, 6.45) is -1.04. The number of hydrogen-bond donors (Lipinski definition) is 1. The smallest absolute Gasteiger partial charge is 0.410 e. The van der Waals surface area contributed by atoms with Gasteiger partial charge in [0.1, 0.15) is 6.04 Å². The third-order valence-electron chi connectivity index (χ3n) is 2.94. The molecular weight excluding hydrogens is 410 g/mol. The number of hydrogen-bond acceptors (Lipinski definition) is 11. The zero-order chi connectivity index (χ0) is 22.4. The fourth-order valence-corrected chi connectivity index (χ4v) is 2.05. The van der Waals surface area contributed by atoms with Crippen LogP contribution in [-0.2, 0) is 38.1 Å². The summed E-state index contributed by atoms with van der Waals surface area (Å²) >= 11 is 0.565. The summed E-state index contributed by atoms with van der Waals surface area (Å²) in [5, 5.41) is 1.39. The van der Waals surface area contributed by atoms with Crippen molar-refractivity contribution in [1.29, 1.82) is 0 Å². The van der Waals surface area contributed by atoms with Gasteiger partial charge in [0.2, 0.25) is 13.6 Å². The zero-order valence-corrected chi connectivity index (χ0v) is 17.9. The molecule has 0 aliphatic carbocycles. The molecule has 0 aromatic heterocycles. The molecule has 166 valence electrons. The molecule has 12 heteroatoms. The van der Waals surface area contributed by atoms with E-state index in [0.29, 0.717) is 11.8 Å². The third-order valence-corrected chi connectivity index (χ3v) is 3.80. The Balaban J connectivity index is 4.46. The van der Waals surface area contributed by atoms with Crippen LogP contribution in [0.25, 0.3) is 0 Å². The van der Waals surface area contributed by atoms with Crippen LogP contribution in [-0.4, -0.2) is 61.3 Å². The summed E-state index contributed by atoms with van der Waals surface area (Å²) in [5.74, 6) is -2.88. The third kappa shape index (κ3) is 12.5. The summed E-state index contributed by atoms with van der Waals surface area (Å²) in [6, 6.07) is -1.22. The van der Waals surface area contributed by atoms with Gasteiger partial charge >= 0.3 is 29.3 Å². The molecule has 0 spiro atoms. The highest BCUT2D eigenvalue weighted by Gasteiger charge is 2.25. The lowest BCUT2D eigenvalue weighted by molar-refractivity contribution is -0.156. The fraction of sp³-hybridized carbons (Fsp3) is 0.706. The second kappa shape index (κ2) is 14.5. The molecule has 0 rings (SSSR count). The highest BCUT2D eigenvalue weighted by Crippen LogP contribution is 2.10. The molecule has 0 unspecified atom stereocenters. The Morgan fingerprint density at radius 3 is 1.76 bits per heavy atom. The second-order valence-electron chi connectivity index (χ2n) is 6.06. The average Bonchev–Trinajstić information content (AvgIpc) is 2.64. The Labute approximate surface area is 173 Å². The minimum Gasteiger partial charge on any atom is -0.464 e. The number of nitrogens with one attached hydrogen (secondary N) is 1. The van der Waals surface area contributed by atoms with Gasteiger partial charge in [-0.15, -0.1) is 0 Å². The second-order valence-corrected chi connectivity index (χ2v) is 7.01. The average molecular weight is 437 g/mol. The molecule has 11 nitrogen and oxygen atoms in total. The van der Waals surface area contributed by atoms with Crippen LogP contribution in [0.4, 0.5) is 9.59 Å². The van der Waals surface area contributed by atoms with Crippen molar-refractivity contribution in [3.8, 4) is 0 Å². The van der Waals surface area contributed by atoms with Crippen LogP contribution < -0.4 is 5.32 Å². The molecule has 29 heavy (non-hydrogen) atoms. The van der Waals surface area contributed by atoms with Gasteiger partial charge in [-0.3, -0.25) is 9.59 Å². The normalized spacial score (nSPS) is 11.4. The number of carbonyl (C=O) groups excluding carboxylic acids is 5. The number of amides is 1. The van der Waals surface area contributed by atoms with Gasteiger partial charge in [-0.2, -0.15) is 0 Å². The Bertz CT molecular complexity index is 579. The van der Waals surface area contributed by atoms with Crippen molar-refractivity contribution < 1.29 is 47.7 Å². The first-order valence-electron chi connectivity index (χ1n) is 8.81. The number of ether oxygens (including phenoxy) is 5. The molecular formula is C17H27NO10S. The van der Waals surface area contributed by atoms with Crippen molar-refractivity contribution >= 4 is 41.1 Å². The number of esters is 3. The molecule has 0 aromatic rings. The van der Waals surface area contributed by atoms with Gasteiger partial charge in [0, 0.05) is 5.75 Å². The van der Waals surface area contributed by atoms with E-state index in [0.717, 1.165) is 0 Å². The van der Waals surface area contributed by atoms with Crippen molar-refractivity contribution in [2.24, 2.45) is 11.8 Å². The summed E-state index contributed by atoms with van der Waals surface area (Å²) in [7, 11) is 0. The topological polar surface area (TPSA) is 144 Å². The van der Waals surface area contributed by atoms with E-state index < -0.39 is 54.8 Å². The maximum absolute atomic E-state index is 11.9. The van der Waals surface area contributed by atoms with Crippen molar-refractivity contribution in [3.05, 3.63) is 0 Å². The molecule has 0 radical (unpaired) electrons. The van der Waals surface area contributed by atoms with E-state index in [-0.39, 0.29) is 18.3 Å². The molecule has 1 amide bonds. The SMILES string of the molecule is CCOC(=O)[C@H](CSC(=O)OCOC(=O)C(C)C)NC(=O)OCOC(=O)C(C)C.